The highest BCUT2D eigenvalue weighted by Gasteiger charge is 2.05. The molecule has 8 heteroatoms. The second-order valence-electron chi connectivity index (χ2n) is 3.31. The van der Waals surface area contributed by atoms with E-state index < -0.39 is 5.97 Å². The van der Waals surface area contributed by atoms with Crippen molar-refractivity contribution in [1.82, 2.24) is 15.5 Å². The van der Waals surface area contributed by atoms with Gasteiger partial charge in [0.1, 0.15) is 5.82 Å². The van der Waals surface area contributed by atoms with Crippen molar-refractivity contribution in [1.29, 1.82) is 0 Å². The Bertz CT molecular complexity index is 407. The smallest absolute Gasteiger partial charge is 0.356 e. The fourth-order valence-electron chi connectivity index (χ4n) is 1.07. The molecule has 0 aliphatic rings. The first-order valence-electron chi connectivity index (χ1n) is 5.20. The number of carbonyl (C=O) groups excluding carboxylic acids is 1. The van der Waals surface area contributed by atoms with E-state index in [-0.39, 0.29) is 18.1 Å². The summed E-state index contributed by atoms with van der Waals surface area (Å²) in [5, 5.41) is 21.0. The summed E-state index contributed by atoms with van der Waals surface area (Å²) >= 11 is 0. The van der Waals surface area contributed by atoms with Gasteiger partial charge in [-0.05, 0) is 12.1 Å². The lowest BCUT2D eigenvalue weighted by Gasteiger charge is -2.06. The fourth-order valence-corrected chi connectivity index (χ4v) is 1.07. The summed E-state index contributed by atoms with van der Waals surface area (Å²) in [6.45, 7) is 0.907. The standard InChI is InChI=1S/C10H14N4O4/c1-18-5-4-11-9(15)6-12-8-3-2-7(10(16)17)13-14-8/h2-3H,4-6H2,1H3,(H,11,15)(H,12,14)(H,16,17). The quantitative estimate of drug-likeness (QED) is 0.554. The zero-order valence-corrected chi connectivity index (χ0v) is 9.84. The van der Waals surface area contributed by atoms with Crippen molar-refractivity contribution in [2.75, 3.05) is 32.1 Å². The highest BCUT2D eigenvalue weighted by atomic mass is 16.5. The topological polar surface area (TPSA) is 113 Å². The maximum atomic E-state index is 11.3. The van der Waals surface area contributed by atoms with Gasteiger partial charge in [0, 0.05) is 13.7 Å². The zero-order valence-electron chi connectivity index (χ0n) is 9.84. The molecule has 1 rings (SSSR count). The molecule has 0 aromatic carbocycles. The molecule has 1 heterocycles. The van der Waals surface area contributed by atoms with Gasteiger partial charge in [0.15, 0.2) is 5.69 Å². The molecule has 0 aliphatic heterocycles. The molecule has 0 spiro atoms. The van der Waals surface area contributed by atoms with Gasteiger partial charge in [-0.25, -0.2) is 4.79 Å². The predicted molar refractivity (Wildman–Crippen MR) is 62.4 cm³/mol. The van der Waals surface area contributed by atoms with Crippen LogP contribution in [0, 0.1) is 0 Å². The minimum atomic E-state index is -1.15. The number of carbonyl (C=O) groups is 2. The lowest BCUT2D eigenvalue weighted by Crippen LogP contribution is -2.32. The third-order valence-corrected chi connectivity index (χ3v) is 1.94. The fraction of sp³-hybridized carbons (Fsp3) is 0.400. The number of hydrogen-bond acceptors (Lipinski definition) is 6. The van der Waals surface area contributed by atoms with Gasteiger partial charge < -0.3 is 20.5 Å². The Labute approximate surface area is 103 Å². The Kier molecular flexibility index (Phi) is 5.52. The van der Waals surface area contributed by atoms with E-state index in [1.165, 1.54) is 12.1 Å². The van der Waals surface area contributed by atoms with E-state index >= 15 is 0 Å². The largest absolute Gasteiger partial charge is 0.476 e. The molecule has 1 aromatic rings. The molecular formula is C10H14N4O4. The number of rotatable bonds is 7. The molecule has 8 nitrogen and oxygen atoms in total. The number of nitrogens with zero attached hydrogens (tertiary/aromatic N) is 2. The van der Waals surface area contributed by atoms with Gasteiger partial charge in [0.25, 0.3) is 0 Å². The van der Waals surface area contributed by atoms with Gasteiger partial charge in [0.2, 0.25) is 5.91 Å². The van der Waals surface area contributed by atoms with Crippen LogP contribution in [0.4, 0.5) is 5.82 Å². The van der Waals surface area contributed by atoms with Gasteiger partial charge >= 0.3 is 5.97 Å². The first kappa shape index (κ1) is 13.8. The zero-order chi connectivity index (χ0) is 13.4. The van der Waals surface area contributed by atoms with E-state index in [0.717, 1.165) is 0 Å². The van der Waals surface area contributed by atoms with Crippen molar-refractivity contribution >= 4 is 17.7 Å². The SMILES string of the molecule is COCCNC(=O)CNc1ccc(C(=O)O)nn1. The number of anilines is 1. The van der Waals surface area contributed by atoms with E-state index in [9.17, 15) is 9.59 Å². The molecule has 0 atom stereocenters. The van der Waals surface area contributed by atoms with Crippen LogP contribution < -0.4 is 10.6 Å². The number of aromatic carboxylic acids is 1. The summed E-state index contributed by atoms with van der Waals surface area (Å²) in [7, 11) is 1.55. The van der Waals surface area contributed by atoms with E-state index in [1.807, 2.05) is 0 Å². The summed E-state index contributed by atoms with van der Waals surface area (Å²) in [6.07, 6.45) is 0. The molecule has 0 fully saturated rings. The molecule has 3 N–H and O–H groups in total. The normalized spacial score (nSPS) is 9.83. The summed E-state index contributed by atoms with van der Waals surface area (Å²) in [6, 6.07) is 2.75. The predicted octanol–water partition coefficient (Wildman–Crippen LogP) is -0.651. The highest BCUT2D eigenvalue weighted by molar-refractivity contribution is 5.85. The summed E-state index contributed by atoms with van der Waals surface area (Å²) in [5.74, 6) is -1.02. The molecule has 0 unspecified atom stereocenters. The van der Waals surface area contributed by atoms with E-state index in [2.05, 4.69) is 20.8 Å². The van der Waals surface area contributed by atoms with Gasteiger partial charge in [-0.2, -0.15) is 0 Å². The van der Waals surface area contributed by atoms with Crippen molar-refractivity contribution < 1.29 is 19.4 Å². The minimum Gasteiger partial charge on any atom is -0.476 e. The van der Waals surface area contributed by atoms with Crippen molar-refractivity contribution in [2.45, 2.75) is 0 Å². The number of methoxy groups -OCH3 is 1. The highest BCUT2D eigenvalue weighted by Crippen LogP contribution is 2.01. The summed E-state index contributed by atoms with van der Waals surface area (Å²) in [4.78, 5) is 21.8. The Balaban J connectivity index is 2.34. The average molecular weight is 254 g/mol. The van der Waals surface area contributed by atoms with Crippen molar-refractivity contribution in [2.24, 2.45) is 0 Å². The first-order valence-corrected chi connectivity index (χ1v) is 5.20. The number of nitrogens with one attached hydrogen (secondary N) is 2. The third kappa shape index (κ3) is 4.74. The van der Waals surface area contributed by atoms with Crippen LogP contribution in [0.5, 0.6) is 0 Å². The van der Waals surface area contributed by atoms with E-state index in [4.69, 9.17) is 9.84 Å². The number of hydrogen-bond donors (Lipinski definition) is 3. The maximum absolute atomic E-state index is 11.3. The molecule has 0 saturated heterocycles. The Morgan fingerprint density at radius 1 is 1.39 bits per heavy atom. The molecule has 0 saturated carbocycles. The number of carboxylic acid groups (broad SMARTS) is 1. The monoisotopic (exact) mass is 254 g/mol. The molecule has 1 aromatic heterocycles. The molecular weight excluding hydrogens is 240 g/mol. The summed E-state index contributed by atoms with van der Waals surface area (Å²) in [5.41, 5.74) is -0.148. The van der Waals surface area contributed by atoms with Crippen LogP contribution in [0.2, 0.25) is 0 Å². The van der Waals surface area contributed by atoms with Gasteiger partial charge in [-0.15, -0.1) is 10.2 Å². The first-order chi connectivity index (χ1) is 8.63. The van der Waals surface area contributed by atoms with Crippen LogP contribution in [-0.4, -0.2) is 54.0 Å². The van der Waals surface area contributed by atoms with E-state index in [0.29, 0.717) is 19.0 Å². The second kappa shape index (κ2) is 7.17. The van der Waals surface area contributed by atoms with Crippen molar-refractivity contribution in [3.63, 3.8) is 0 Å². The Hall–Kier alpha value is -2.22. The minimum absolute atomic E-state index is 0.0326. The number of carboxylic acids is 1. The molecule has 18 heavy (non-hydrogen) atoms. The summed E-state index contributed by atoms with van der Waals surface area (Å²) < 4.78 is 4.78. The maximum Gasteiger partial charge on any atom is 0.356 e. The van der Waals surface area contributed by atoms with Crippen LogP contribution in [0.15, 0.2) is 12.1 Å². The Morgan fingerprint density at radius 3 is 2.72 bits per heavy atom. The van der Waals surface area contributed by atoms with Crippen molar-refractivity contribution in [3.05, 3.63) is 17.8 Å². The Morgan fingerprint density at radius 2 is 2.17 bits per heavy atom. The van der Waals surface area contributed by atoms with Crippen LogP contribution in [0.3, 0.4) is 0 Å². The third-order valence-electron chi connectivity index (χ3n) is 1.94. The molecule has 1 amide bonds. The van der Waals surface area contributed by atoms with Crippen LogP contribution in [-0.2, 0) is 9.53 Å². The molecule has 0 radical (unpaired) electrons. The van der Waals surface area contributed by atoms with Gasteiger partial charge in [-0.1, -0.05) is 0 Å². The lowest BCUT2D eigenvalue weighted by molar-refractivity contribution is -0.119. The van der Waals surface area contributed by atoms with Crippen LogP contribution in [0.25, 0.3) is 0 Å². The van der Waals surface area contributed by atoms with Crippen molar-refractivity contribution in [3.8, 4) is 0 Å². The number of aromatic nitrogens is 2. The number of ether oxygens (including phenoxy) is 1. The molecule has 98 valence electrons. The second-order valence-corrected chi connectivity index (χ2v) is 3.31. The number of amides is 1. The van der Waals surface area contributed by atoms with E-state index in [1.54, 1.807) is 7.11 Å². The van der Waals surface area contributed by atoms with Gasteiger partial charge in [0.05, 0.1) is 13.2 Å². The lowest BCUT2D eigenvalue weighted by atomic mass is 10.4. The van der Waals surface area contributed by atoms with Crippen LogP contribution in [0.1, 0.15) is 10.5 Å². The molecule has 0 bridgehead atoms. The molecule has 0 aliphatic carbocycles. The van der Waals surface area contributed by atoms with Crippen LogP contribution >= 0.6 is 0 Å². The van der Waals surface area contributed by atoms with Gasteiger partial charge in [-0.3, -0.25) is 4.79 Å². The average Bonchev–Trinajstić information content (AvgIpc) is 2.37.